The number of carbonyl (C=O) groups is 1. The van der Waals surface area contributed by atoms with Crippen molar-refractivity contribution in [2.75, 3.05) is 14.2 Å². The van der Waals surface area contributed by atoms with Crippen LogP contribution in [-0.2, 0) is 0 Å². The molecule has 2 rings (SSSR count). The molecule has 0 aliphatic rings. The number of hydrogen-bond donors (Lipinski definition) is 1. The molecule has 0 spiro atoms. The smallest absolute Gasteiger partial charge is 0.341 e. The Bertz CT molecular complexity index is 593. The largest absolute Gasteiger partial charge is 0.497 e. The first-order valence-electron chi connectivity index (χ1n) is 5.57. The third-order valence-electron chi connectivity index (χ3n) is 2.70. The SMILES string of the molecule is COc1ccc(-c2cnc(OC)c(C(=O)O)c2)cc1. The highest BCUT2D eigenvalue weighted by molar-refractivity contribution is 5.91. The molecule has 5 nitrogen and oxygen atoms in total. The van der Waals surface area contributed by atoms with Crippen molar-refractivity contribution in [3.8, 4) is 22.8 Å². The highest BCUT2D eigenvalue weighted by Crippen LogP contribution is 2.25. The molecule has 1 N–H and O–H groups in total. The van der Waals surface area contributed by atoms with Crippen molar-refractivity contribution < 1.29 is 19.4 Å². The molecular formula is C14H13NO4. The number of benzene rings is 1. The summed E-state index contributed by atoms with van der Waals surface area (Å²) in [6.45, 7) is 0. The van der Waals surface area contributed by atoms with Gasteiger partial charge >= 0.3 is 5.97 Å². The Hall–Kier alpha value is -2.56. The van der Waals surface area contributed by atoms with Gasteiger partial charge in [0, 0.05) is 11.8 Å². The molecule has 0 atom stereocenters. The second-order valence-electron chi connectivity index (χ2n) is 3.81. The fraction of sp³-hybridized carbons (Fsp3) is 0.143. The third kappa shape index (κ3) is 2.65. The van der Waals surface area contributed by atoms with Gasteiger partial charge in [-0.05, 0) is 23.8 Å². The minimum atomic E-state index is -1.07. The van der Waals surface area contributed by atoms with Crippen LogP contribution in [0.15, 0.2) is 36.5 Å². The van der Waals surface area contributed by atoms with Crippen LogP contribution in [0.3, 0.4) is 0 Å². The Labute approximate surface area is 110 Å². The summed E-state index contributed by atoms with van der Waals surface area (Å²) in [4.78, 5) is 15.1. The molecule has 19 heavy (non-hydrogen) atoms. The van der Waals surface area contributed by atoms with Crippen LogP contribution < -0.4 is 9.47 Å². The van der Waals surface area contributed by atoms with Crippen LogP contribution in [0.25, 0.3) is 11.1 Å². The maximum Gasteiger partial charge on any atom is 0.341 e. The van der Waals surface area contributed by atoms with Gasteiger partial charge in [-0.1, -0.05) is 12.1 Å². The maximum atomic E-state index is 11.1. The number of nitrogens with zero attached hydrogens (tertiary/aromatic N) is 1. The highest BCUT2D eigenvalue weighted by Gasteiger charge is 2.13. The van der Waals surface area contributed by atoms with E-state index in [0.29, 0.717) is 5.56 Å². The second-order valence-corrected chi connectivity index (χ2v) is 3.81. The average Bonchev–Trinajstić information content (AvgIpc) is 2.46. The van der Waals surface area contributed by atoms with E-state index in [2.05, 4.69) is 4.98 Å². The molecule has 1 aromatic carbocycles. The van der Waals surface area contributed by atoms with Crippen molar-refractivity contribution in [2.24, 2.45) is 0 Å². The zero-order valence-electron chi connectivity index (χ0n) is 10.6. The zero-order valence-corrected chi connectivity index (χ0v) is 10.6. The number of methoxy groups -OCH3 is 2. The van der Waals surface area contributed by atoms with Crippen LogP contribution in [0.2, 0.25) is 0 Å². The van der Waals surface area contributed by atoms with Gasteiger partial charge in [0.25, 0.3) is 0 Å². The molecule has 0 saturated heterocycles. The first kappa shape index (κ1) is 12.9. The van der Waals surface area contributed by atoms with E-state index in [1.807, 2.05) is 12.1 Å². The molecule has 0 fully saturated rings. The standard InChI is InChI=1S/C14H13NO4/c1-18-11-5-3-9(4-6-11)10-7-12(14(16)17)13(19-2)15-8-10/h3-8H,1-2H3,(H,16,17). The van der Waals surface area contributed by atoms with Crippen LogP contribution in [0.4, 0.5) is 0 Å². The molecule has 5 heteroatoms. The van der Waals surface area contributed by atoms with Crippen LogP contribution in [0.5, 0.6) is 11.6 Å². The lowest BCUT2D eigenvalue weighted by atomic mass is 10.1. The van der Waals surface area contributed by atoms with Gasteiger partial charge in [-0.2, -0.15) is 0 Å². The van der Waals surface area contributed by atoms with E-state index in [-0.39, 0.29) is 11.4 Å². The van der Waals surface area contributed by atoms with Crippen LogP contribution in [-0.4, -0.2) is 30.3 Å². The molecule has 1 heterocycles. The number of carboxylic acid groups (broad SMARTS) is 1. The Morgan fingerprint density at radius 3 is 2.32 bits per heavy atom. The quantitative estimate of drug-likeness (QED) is 0.913. The number of ether oxygens (including phenoxy) is 2. The lowest BCUT2D eigenvalue weighted by Crippen LogP contribution is -2.02. The first-order chi connectivity index (χ1) is 9.15. The number of carboxylic acids is 1. The van der Waals surface area contributed by atoms with E-state index < -0.39 is 5.97 Å². The van der Waals surface area contributed by atoms with Crippen molar-refractivity contribution >= 4 is 5.97 Å². The first-order valence-corrected chi connectivity index (χ1v) is 5.57. The minimum absolute atomic E-state index is 0.0378. The fourth-order valence-electron chi connectivity index (χ4n) is 1.71. The normalized spacial score (nSPS) is 10.0. The predicted molar refractivity (Wildman–Crippen MR) is 69.7 cm³/mol. The summed E-state index contributed by atoms with van der Waals surface area (Å²) in [7, 11) is 2.98. The molecule has 0 bridgehead atoms. The molecule has 0 aliphatic heterocycles. The summed E-state index contributed by atoms with van der Waals surface area (Å²) >= 11 is 0. The summed E-state index contributed by atoms with van der Waals surface area (Å²) in [5.74, 6) is -0.229. The van der Waals surface area contributed by atoms with Gasteiger partial charge in [0.2, 0.25) is 5.88 Å². The number of aromatic carboxylic acids is 1. The van der Waals surface area contributed by atoms with Gasteiger partial charge in [-0.25, -0.2) is 9.78 Å². The van der Waals surface area contributed by atoms with Gasteiger partial charge in [-0.15, -0.1) is 0 Å². The molecule has 98 valence electrons. The Kier molecular flexibility index (Phi) is 3.66. The molecule has 0 radical (unpaired) electrons. The van der Waals surface area contributed by atoms with Crippen LogP contribution in [0, 0.1) is 0 Å². The third-order valence-corrected chi connectivity index (χ3v) is 2.70. The number of pyridine rings is 1. The monoisotopic (exact) mass is 259 g/mol. The van der Waals surface area contributed by atoms with Gasteiger partial charge in [0.1, 0.15) is 11.3 Å². The van der Waals surface area contributed by atoms with Crippen molar-refractivity contribution in [2.45, 2.75) is 0 Å². The second kappa shape index (κ2) is 5.39. The topological polar surface area (TPSA) is 68.7 Å². The highest BCUT2D eigenvalue weighted by atomic mass is 16.5. The minimum Gasteiger partial charge on any atom is -0.497 e. The number of aromatic nitrogens is 1. The molecule has 1 aromatic heterocycles. The summed E-state index contributed by atoms with van der Waals surface area (Å²) in [5, 5.41) is 9.11. The van der Waals surface area contributed by atoms with E-state index in [1.165, 1.54) is 13.2 Å². The van der Waals surface area contributed by atoms with Gasteiger partial charge < -0.3 is 14.6 Å². The van der Waals surface area contributed by atoms with E-state index >= 15 is 0 Å². The van der Waals surface area contributed by atoms with E-state index in [1.54, 1.807) is 25.4 Å². The molecule has 2 aromatic rings. The fourth-order valence-corrected chi connectivity index (χ4v) is 1.71. The number of rotatable bonds is 4. The van der Waals surface area contributed by atoms with E-state index in [4.69, 9.17) is 14.6 Å². The summed E-state index contributed by atoms with van der Waals surface area (Å²) < 4.78 is 10.00. The maximum absolute atomic E-state index is 11.1. The van der Waals surface area contributed by atoms with Crippen molar-refractivity contribution in [3.63, 3.8) is 0 Å². The van der Waals surface area contributed by atoms with Crippen molar-refractivity contribution in [3.05, 3.63) is 42.1 Å². The predicted octanol–water partition coefficient (Wildman–Crippen LogP) is 2.46. The molecule has 0 aliphatic carbocycles. The van der Waals surface area contributed by atoms with E-state index in [0.717, 1.165) is 11.3 Å². The van der Waals surface area contributed by atoms with Crippen LogP contribution in [0.1, 0.15) is 10.4 Å². The lowest BCUT2D eigenvalue weighted by Gasteiger charge is -2.07. The lowest BCUT2D eigenvalue weighted by molar-refractivity contribution is 0.0692. The number of hydrogen-bond acceptors (Lipinski definition) is 4. The molecular weight excluding hydrogens is 246 g/mol. The molecule has 0 amide bonds. The van der Waals surface area contributed by atoms with Crippen molar-refractivity contribution in [1.29, 1.82) is 0 Å². The Morgan fingerprint density at radius 1 is 1.11 bits per heavy atom. The van der Waals surface area contributed by atoms with Gasteiger partial charge in [0.15, 0.2) is 0 Å². The van der Waals surface area contributed by atoms with Crippen molar-refractivity contribution in [1.82, 2.24) is 4.98 Å². The summed E-state index contributed by atoms with van der Waals surface area (Å²) in [5.41, 5.74) is 1.61. The summed E-state index contributed by atoms with van der Waals surface area (Å²) in [6, 6.07) is 8.83. The summed E-state index contributed by atoms with van der Waals surface area (Å²) in [6.07, 6.45) is 1.58. The molecule has 0 saturated carbocycles. The zero-order chi connectivity index (χ0) is 13.8. The Balaban J connectivity index is 2.44. The van der Waals surface area contributed by atoms with Gasteiger partial charge in [0.05, 0.1) is 14.2 Å². The van der Waals surface area contributed by atoms with Gasteiger partial charge in [-0.3, -0.25) is 0 Å². The van der Waals surface area contributed by atoms with Crippen LogP contribution >= 0.6 is 0 Å². The average molecular weight is 259 g/mol. The van der Waals surface area contributed by atoms with E-state index in [9.17, 15) is 4.79 Å². The molecule has 0 unspecified atom stereocenters. The Morgan fingerprint density at radius 2 is 1.79 bits per heavy atom.